The summed E-state index contributed by atoms with van der Waals surface area (Å²) in [5.74, 6) is 6.38. The zero-order valence-electron chi connectivity index (χ0n) is 9.26. The van der Waals surface area contributed by atoms with E-state index < -0.39 is 0 Å². The summed E-state index contributed by atoms with van der Waals surface area (Å²) in [6.07, 6.45) is 2.09. The van der Waals surface area contributed by atoms with Gasteiger partial charge in [0.15, 0.2) is 0 Å². The average Bonchev–Trinajstić information content (AvgIpc) is 2.99. The summed E-state index contributed by atoms with van der Waals surface area (Å²) in [7, 11) is 0. The van der Waals surface area contributed by atoms with Crippen molar-refractivity contribution in [3.8, 4) is 11.8 Å². The van der Waals surface area contributed by atoms with Gasteiger partial charge in [0, 0.05) is 11.7 Å². The smallest absolute Gasteiger partial charge is 0.0841 e. The minimum Gasteiger partial charge on any atom is -0.336 e. The van der Waals surface area contributed by atoms with Crippen LogP contribution in [0.5, 0.6) is 0 Å². The molecule has 0 bridgehead atoms. The highest BCUT2D eigenvalue weighted by atomic mass is 32.1. The normalized spacial score (nSPS) is 10.1. The Bertz CT molecular complexity index is 680. The molecule has 0 amide bonds. The Kier molecular flexibility index (Phi) is 2.69. The van der Waals surface area contributed by atoms with Gasteiger partial charge in [-0.3, -0.25) is 0 Å². The minimum absolute atomic E-state index is 0.741. The van der Waals surface area contributed by atoms with E-state index in [-0.39, 0.29) is 0 Å². The first kappa shape index (κ1) is 10.2. The van der Waals surface area contributed by atoms with E-state index in [1.54, 1.807) is 11.3 Å². The standard InChI is InChI=1S/C15H11NS/c1-2-8-15-13(5-1)9-11-16(15)10-3-6-14-7-4-12-17-14/h1-2,4-5,7-9,11-12H,10H2. The van der Waals surface area contributed by atoms with Crippen LogP contribution in [-0.2, 0) is 6.54 Å². The molecule has 0 radical (unpaired) electrons. The fourth-order valence-corrected chi connectivity index (χ4v) is 2.43. The first-order valence-electron chi connectivity index (χ1n) is 5.50. The molecule has 2 heteroatoms. The third kappa shape index (κ3) is 2.11. The van der Waals surface area contributed by atoms with Crippen LogP contribution in [0.1, 0.15) is 4.88 Å². The Hall–Kier alpha value is -1.98. The van der Waals surface area contributed by atoms with Crippen molar-refractivity contribution in [3.05, 3.63) is 58.9 Å². The third-order valence-corrected chi connectivity index (χ3v) is 3.45. The van der Waals surface area contributed by atoms with Gasteiger partial charge in [-0.05, 0) is 29.0 Å². The largest absolute Gasteiger partial charge is 0.336 e. The van der Waals surface area contributed by atoms with Crippen molar-refractivity contribution in [2.45, 2.75) is 6.54 Å². The molecule has 0 aliphatic carbocycles. The van der Waals surface area contributed by atoms with Gasteiger partial charge in [-0.2, -0.15) is 0 Å². The molecule has 0 unspecified atom stereocenters. The summed E-state index contributed by atoms with van der Waals surface area (Å²) in [6, 6.07) is 14.6. The number of hydrogen-bond acceptors (Lipinski definition) is 1. The molecular weight excluding hydrogens is 226 g/mol. The van der Waals surface area contributed by atoms with Crippen molar-refractivity contribution in [3.63, 3.8) is 0 Å². The molecule has 1 aromatic carbocycles. The van der Waals surface area contributed by atoms with E-state index in [2.05, 4.69) is 58.3 Å². The van der Waals surface area contributed by atoms with E-state index in [1.807, 2.05) is 12.1 Å². The lowest BCUT2D eigenvalue weighted by atomic mass is 10.2. The van der Waals surface area contributed by atoms with Gasteiger partial charge in [-0.25, -0.2) is 0 Å². The van der Waals surface area contributed by atoms with E-state index in [0.29, 0.717) is 0 Å². The summed E-state index contributed by atoms with van der Waals surface area (Å²) < 4.78 is 2.18. The lowest BCUT2D eigenvalue weighted by Gasteiger charge is -1.98. The highest BCUT2D eigenvalue weighted by molar-refractivity contribution is 7.10. The summed E-state index contributed by atoms with van der Waals surface area (Å²) in [5, 5.41) is 3.32. The van der Waals surface area contributed by atoms with Gasteiger partial charge in [-0.1, -0.05) is 36.1 Å². The monoisotopic (exact) mass is 237 g/mol. The maximum absolute atomic E-state index is 3.21. The van der Waals surface area contributed by atoms with E-state index in [9.17, 15) is 0 Å². The predicted molar refractivity (Wildman–Crippen MR) is 73.1 cm³/mol. The van der Waals surface area contributed by atoms with Crippen molar-refractivity contribution in [2.24, 2.45) is 0 Å². The van der Waals surface area contributed by atoms with E-state index in [0.717, 1.165) is 11.4 Å². The number of thiophene rings is 1. The average molecular weight is 237 g/mol. The molecule has 3 aromatic rings. The lowest BCUT2D eigenvalue weighted by molar-refractivity contribution is 0.886. The maximum atomic E-state index is 3.21. The lowest BCUT2D eigenvalue weighted by Crippen LogP contribution is -1.92. The van der Waals surface area contributed by atoms with Crippen LogP contribution in [0.4, 0.5) is 0 Å². The maximum Gasteiger partial charge on any atom is 0.0841 e. The second-order valence-electron chi connectivity index (χ2n) is 3.78. The van der Waals surface area contributed by atoms with Crippen LogP contribution in [-0.4, -0.2) is 4.57 Å². The molecule has 17 heavy (non-hydrogen) atoms. The van der Waals surface area contributed by atoms with Crippen molar-refractivity contribution in [2.75, 3.05) is 0 Å². The molecule has 0 aliphatic rings. The van der Waals surface area contributed by atoms with Crippen LogP contribution in [0, 0.1) is 11.8 Å². The zero-order chi connectivity index (χ0) is 11.5. The number of para-hydroxylation sites is 1. The number of rotatable bonds is 1. The number of benzene rings is 1. The second-order valence-corrected chi connectivity index (χ2v) is 4.73. The molecule has 1 nitrogen and oxygen atoms in total. The molecule has 82 valence electrons. The molecule has 2 aromatic heterocycles. The van der Waals surface area contributed by atoms with Crippen LogP contribution in [0.25, 0.3) is 10.9 Å². The summed E-state index contributed by atoms with van der Waals surface area (Å²) in [5.41, 5.74) is 1.24. The van der Waals surface area contributed by atoms with Crippen LogP contribution >= 0.6 is 11.3 Å². The number of aromatic nitrogens is 1. The first-order chi connectivity index (χ1) is 8.43. The second kappa shape index (κ2) is 4.48. The third-order valence-electron chi connectivity index (χ3n) is 2.66. The SMILES string of the molecule is C(#Cc1cccs1)Cn1ccc2ccccc21. The quantitative estimate of drug-likeness (QED) is 0.568. The Labute approximate surface area is 104 Å². The molecule has 0 atom stereocenters. The molecular formula is C15H11NS. The Balaban J connectivity index is 1.86. The highest BCUT2D eigenvalue weighted by Gasteiger charge is 1.96. The van der Waals surface area contributed by atoms with Crippen LogP contribution in [0.15, 0.2) is 54.0 Å². The number of fused-ring (bicyclic) bond motifs is 1. The van der Waals surface area contributed by atoms with E-state index >= 15 is 0 Å². The molecule has 2 heterocycles. The molecule has 0 saturated heterocycles. The zero-order valence-corrected chi connectivity index (χ0v) is 10.1. The fourth-order valence-electron chi connectivity index (χ4n) is 1.84. The van der Waals surface area contributed by atoms with Crippen molar-refractivity contribution >= 4 is 22.2 Å². The molecule has 0 fully saturated rings. The molecule has 0 spiro atoms. The molecule has 0 aliphatic heterocycles. The van der Waals surface area contributed by atoms with Gasteiger partial charge in [0.25, 0.3) is 0 Å². The Morgan fingerprint density at radius 3 is 2.88 bits per heavy atom. The van der Waals surface area contributed by atoms with Gasteiger partial charge in [0.1, 0.15) is 0 Å². The van der Waals surface area contributed by atoms with Gasteiger partial charge in [-0.15, -0.1) is 11.3 Å². The van der Waals surface area contributed by atoms with Crippen LogP contribution in [0.2, 0.25) is 0 Å². The van der Waals surface area contributed by atoms with Crippen molar-refractivity contribution < 1.29 is 0 Å². The molecule has 0 N–H and O–H groups in total. The van der Waals surface area contributed by atoms with E-state index in [1.165, 1.54) is 10.9 Å². The minimum atomic E-state index is 0.741. The number of nitrogens with zero attached hydrogens (tertiary/aromatic N) is 1. The van der Waals surface area contributed by atoms with Gasteiger partial charge in [0.05, 0.1) is 11.4 Å². The Morgan fingerprint density at radius 2 is 2.00 bits per heavy atom. The van der Waals surface area contributed by atoms with E-state index in [4.69, 9.17) is 0 Å². The van der Waals surface area contributed by atoms with Crippen molar-refractivity contribution in [1.82, 2.24) is 4.57 Å². The van der Waals surface area contributed by atoms with Gasteiger partial charge < -0.3 is 4.57 Å². The topological polar surface area (TPSA) is 4.93 Å². The predicted octanol–water partition coefficient (Wildman–Crippen LogP) is 3.75. The molecule has 3 rings (SSSR count). The van der Waals surface area contributed by atoms with Crippen molar-refractivity contribution in [1.29, 1.82) is 0 Å². The summed E-state index contributed by atoms with van der Waals surface area (Å²) >= 11 is 1.68. The summed E-state index contributed by atoms with van der Waals surface area (Å²) in [6.45, 7) is 0.741. The van der Waals surface area contributed by atoms with Crippen LogP contribution < -0.4 is 0 Å². The number of hydrogen-bond donors (Lipinski definition) is 0. The fraction of sp³-hybridized carbons (Fsp3) is 0.0667. The van der Waals surface area contributed by atoms with Crippen LogP contribution in [0.3, 0.4) is 0 Å². The Morgan fingerprint density at radius 1 is 1.06 bits per heavy atom. The van der Waals surface area contributed by atoms with Gasteiger partial charge in [0.2, 0.25) is 0 Å². The first-order valence-corrected chi connectivity index (χ1v) is 6.38. The molecule has 0 saturated carbocycles. The van der Waals surface area contributed by atoms with Gasteiger partial charge >= 0.3 is 0 Å². The highest BCUT2D eigenvalue weighted by Crippen LogP contribution is 2.14. The summed E-state index contributed by atoms with van der Waals surface area (Å²) in [4.78, 5) is 1.13.